The zero-order valence-corrected chi connectivity index (χ0v) is 13.8. The Morgan fingerprint density at radius 1 is 0.944 bits per heavy atom. The minimum absolute atomic E-state index is 0. The fourth-order valence-electron chi connectivity index (χ4n) is 5.67. The minimum atomic E-state index is 0. The number of nitrogens with zero attached hydrogens (tertiary/aromatic N) is 1. The van der Waals surface area contributed by atoms with Crippen LogP contribution in [0, 0.1) is 11.8 Å². The van der Waals surface area contributed by atoms with Crippen LogP contribution in [0.15, 0.2) is 0 Å². The number of hydrogen-bond donors (Lipinski definition) is 0. The second-order valence-electron chi connectivity index (χ2n) is 7.15. The Bertz CT molecular complexity index is 273. The Labute approximate surface area is 124 Å². The van der Waals surface area contributed by atoms with E-state index < -0.39 is 0 Å². The highest BCUT2D eigenvalue weighted by molar-refractivity contribution is 5.04. The molecule has 0 amide bonds. The summed E-state index contributed by atoms with van der Waals surface area (Å²) in [4.78, 5) is 0. The number of unbranched alkanes of at least 4 members (excludes halogenated alkanes) is 3. The van der Waals surface area contributed by atoms with Crippen LogP contribution in [-0.2, 0) is 0 Å². The molecule has 4 atom stereocenters. The van der Waals surface area contributed by atoms with Crippen molar-refractivity contribution in [1.82, 2.24) is 0 Å². The van der Waals surface area contributed by atoms with E-state index in [1.165, 1.54) is 49.8 Å². The summed E-state index contributed by atoms with van der Waals surface area (Å²) < 4.78 is 1.53. The Balaban J connectivity index is 0.00000120. The summed E-state index contributed by atoms with van der Waals surface area (Å²) >= 11 is 0. The Morgan fingerprint density at radius 2 is 1.56 bits per heavy atom. The predicted octanol–water partition coefficient (Wildman–Crippen LogP) is 0.980. The first kappa shape index (κ1) is 14.8. The topological polar surface area (TPSA) is 0 Å². The summed E-state index contributed by atoms with van der Waals surface area (Å²) in [5.41, 5.74) is 0.714. The molecule has 0 aromatic heterocycles. The van der Waals surface area contributed by atoms with Crippen molar-refractivity contribution < 1.29 is 21.5 Å². The molecule has 1 nitrogen and oxygen atoms in total. The van der Waals surface area contributed by atoms with Crippen LogP contribution in [-0.4, -0.2) is 29.7 Å². The van der Waals surface area contributed by atoms with Gasteiger partial charge < -0.3 is 21.5 Å². The lowest BCUT2D eigenvalue weighted by Gasteiger charge is -2.44. The third kappa shape index (κ3) is 1.90. The summed E-state index contributed by atoms with van der Waals surface area (Å²) in [6.45, 7) is 9.52. The van der Waals surface area contributed by atoms with Crippen molar-refractivity contribution in [3.05, 3.63) is 0 Å². The first-order valence-electron chi connectivity index (χ1n) is 8.09. The molecular weight excluding hydrogens is 286 g/mol. The van der Waals surface area contributed by atoms with E-state index in [4.69, 9.17) is 0 Å². The van der Waals surface area contributed by atoms with Crippen molar-refractivity contribution in [3.8, 4) is 0 Å². The fourth-order valence-corrected chi connectivity index (χ4v) is 5.67. The maximum atomic E-state index is 2.66. The lowest BCUT2D eigenvalue weighted by molar-refractivity contribution is -0.953. The molecule has 1 aliphatic carbocycles. The van der Waals surface area contributed by atoms with E-state index in [2.05, 4.69) is 13.8 Å². The molecule has 0 N–H and O–H groups in total. The summed E-state index contributed by atoms with van der Waals surface area (Å²) in [5, 5.41) is 0. The Hall–Kier alpha value is 0.440. The van der Waals surface area contributed by atoms with Crippen LogP contribution in [0.2, 0.25) is 0 Å². The molecule has 3 aliphatic rings. The molecule has 1 saturated carbocycles. The van der Waals surface area contributed by atoms with Gasteiger partial charge in [-0.2, -0.15) is 0 Å². The van der Waals surface area contributed by atoms with Gasteiger partial charge in [-0.15, -0.1) is 0 Å². The maximum absolute atomic E-state index is 2.66. The van der Waals surface area contributed by atoms with Gasteiger partial charge in [0.05, 0.1) is 19.6 Å². The molecule has 2 saturated heterocycles. The van der Waals surface area contributed by atoms with Gasteiger partial charge in [0, 0.05) is 24.7 Å². The van der Waals surface area contributed by atoms with Crippen LogP contribution < -0.4 is 17.0 Å². The summed E-state index contributed by atoms with van der Waals surface area (Å²) in [6, 6.07) is 0. The molecule has 3 rings (SSSR count). The predicted molar refractivity (Wildman–Crippen MR) is 72.9 cm³/mol. The summed E-state index contributed by atoms with van der Waals surface area (Å²) in [7, 11) is 0. The maximum Gasteiger partial charge on any atom is 0.102 e. The van der Waals surface area contributed by atoms with E-state index in [0.717, 1.165) is 11.8 Å². The Morgan fingerprint density at radius 3 is 2.11 bits per heavy atom. The molecule has 2 unspecified atom stereocenters. The van der Waals surface area contributed by atoms with E-state index >= 15 is 0 Å². The van der Waals surface area contributed by atoms with Crippen molar-refractivity contribution in [2.75, 3.05) is 19.6 Å². The average Bonchev–Trinajstić information content (AvgIpc) is 2.89. The third-order valence-electron chi connectivity index (χ3n) is 6.79. The molecule has 0 spiro atoms. The number of halogens is 1. The monoisotopic (exact) mass is 315 g/mol. The summed E-state index contributed by atoms with van der Waals surface area (Å²) in [5.74, 6) is 2.17. The normalized spacial score (nSPS) is 45.0. The first-order chi connectivity index (χ1) is 8.23. The highest BCUT2D eigenvalue weighted by Crippen LogP contribution is 2.59. The molecule has 0 aromatic carbocycles. The van der Waals surface area contributed by atoms with Gasteiger partial charge >= 0.3 is 0 Å². The van der Waals surface area contributed by atoms with Crippen LogP contribution in [0.25, 0.3) is 0 Å². The molecule has 0 aromatic rings. The molecule has 3 fully saturated rings. The second kappa shape index (κ2) is 5.44. The van der Waals surface area contributed by atoms with Crippen LogP contribution >= 0.6 is 0 Å². The first-order valence-corrected chi connectivity index (χ1v) is 8.09. The van der Waals surface area contributed by atoms with Gasteiger partial charge in [-0.3, -0.25) is 0 Å². The van der Waals surface area contributed by atoms with Crippen molar-refractivity contribution in [2.24, 2.45) is 11.8 Å². The van der Waals surface area contributed by atoms with Crippen LogP contribution in [0.4, 0.5) is 0 Å². The largest absolute Gasteiger partial charge is 1.00 e. The highest BCUT2D eigenvalue weighted by atomic mass is 79.9. The fraction of sp³-hybridized carbons (Fsp3) is 1.00. The Kier molecular flexibility index (Phi) is 4.48. The molecular formula is C16H30BrN. The lowest BCUT2D eigenvalue weighted by Crippen LogP contribution is -3.00. The number of rotatable bonds is 5. The zero-order chi connectivity index (χ0) is 11.9. The quantitative estimate of drug-likeness (QED) is 0.524. The van der Waals surface area contributed by atoms with E-state index in [9.17, 15) is 0 Å². The van der Waals surface area contributed by atoms with Gasteiger partial charge in [-0.25, -0.2) is 0 Å². The number of quaternary nitrogens is 1. The van der Waals surface area contributed by atoms with Gasteiger partial charge in [0.2, 0.25) is 0 Å². The summed E-state index contributed by atoms with van der Waals surface area (Å²) in [6.07, 6.45) is 12.0. The van der Waals surface area contributed by atoms with E-state index in [1.807, 2.05) is 0 Å². The van der Waals surface area contributed by atoms with Crippen LogP contribution in [0.5, 0.6) is 0 Å². The zero-order valence-electron chi connectivity index (χ0n) is 12.3. The molecule has 106 valence electrons. The molecule has 2 heteroatoms. The van der Waals surface area contributed by atoms with Gasteiger partial charge in [-0.05, 0) is 32.6 Å². The smallest absolute Gasteiger partial charge is 0.102 e. The van der Waals surface area contributed by atoms with E-state index in [1.54, 1.807) is 25.7 Å². The van der Waals surface area contributed by atoms with Crippen molar-refractivity contribution in [1.29, 1.82) is 0 Å². The second-order valence-corrected chi connectivity index (χ2v) is 7.15. The molecule has 0 bridgehead atoms. The molecule has 2 aliphatic heterocycles. The average molecular weight is 316 g/mol. The number of hydrogen-bond acceptors (Lipinski definition) is 0. The third-order valence-corrected chi connectivity index (χ3v) is 6.79. The highest BCUT2D eigenvalue weighted by Gasteiger charge is 2.67. The lowest BCUT2D eigenvalue weighted by atomic mass is 9.84. The van der Waals surface area contributed by atoms with Crippen molar-refractivity contribution in [2.45, 2.75) is 70.8 Å². The van der Waals surface area contributed by atoms with E-state index in [0.29, 0.717) is 5.54 Å². The van der Waals surface area contributed by atoms with Gasteiger partial charge in [-0.1, -0.05) is 19.8 Å². The van der Waals surface area contributed by atoms with Crippen molar-refractivity contribution >= 4 is 0 Å². The van der Waals surface area contributed by atoms with Gasteiger partial charge in [0.15, 0.2) is 0 Å². The van der Waals surface area contributed by atoms with Crippen molar-refractivity contribution in [3.63, 3.8) is 0 Å². The van der Waals surface area contributed by atoms with E-state index in [-0.39, 0.29) is 17.0 Å². The van der Waals surface area contributed by atoms with Gasteiger partial charge in [0.1, 0.15) is 5.54 Å². The SMILES string of the molecule is CCCCCC[N+]12CC[C@H]3CC[C@@H](CC1)C32C.[Br-]. The molecule has 2 heterocycles. The molecule has 0 radical (unpaired) electrons. The minimum Gasteiger partial charge on any atom is -1.00 e. The van der Waals surface area contributed by atoms with Crippen LogP contribution in [0.3, 0.4) is 0 Å². The van der Waals surface area contributed by atoms with Gasteiger partial charge in [0.25, 0.3) is 0 Å². The molecule has 18 heavy (non-hydrogen) atoms. The van der Waals surface area contributed by atoms with Crippen LogP contribution in [0.1, 0.15) is 65.2 Å². The standard InChI is InChI=1S/C16H30N.BrH/c1-3-4-5-6-11-17-12-9-14-7-8-15(10-13-17)16(14,17)2;/h14-15H,3-13H2,1-2H3;1H/q+1;/p-1/t14-,15+,16?,17?;.